The van der Waals surface area contributed by atoms with Crippen molar-refractivity contribution in [3.8, 4) is 11.5 Å². The van der Waals surface area contributed by atoms with Crippen molar-refractivity contribution in [1.82, 2.24) is 5.32 Å². The number of benzene rings is 1. The minimum absolute atomic E-state index is 0.371. The molecular weight excluding hydrogens is 190 g/mol. The molecule has 1 aliphatic rings. The van der Waals surface area contributed by atoms with Gasteiger partial charge in [-0.15, -0.1) is 0 Å². The van der Waals surface area contributed by atoms with Gasteiger partial charge in [0.2, 0.25) is 0 Å². The number of methoxy groups -OCH3 is 1. The zero-order chi connectivity index (χ0) is 10.7. The molecule has 0 heterocycles. The highest BCUT2D eigenvalue weighted by Crippen LogP contribution is 2.26. The van der Waals surface area contributed by atoms with Crippen LogP contribution < -0.4 is 14.8 Å². The van der Waals surface area contributed by atoms with E-state index < -0.39 is 0 Å². The van der Waals surface area contributed by atoms with Gasteiger partial charge in [0, 0.05) is 6.04 Å². The fraction of sp³-hybridized carbons (Fsp3) is 0.500. The lowest BCUT2D eigenvalue weighted by molar-refractivity contribution is 0.0884. The van der Waals surface area contributed by atoms with Gasteiger partial charge in [-0.1, -0.05) is 0 Å². The lowest BCUT2D eigenvalue weighted by atomic mass is 9.89. The second-order valence-electron chi connectivity index (χ2n) is 3.87. The maximum Gasteiger partial charge on any atom is 0.119 e. The topological polar surface area (TPSA) is 30.5 Å². The van der Waals surface area contributed by atoms with Crippen LogP contribution in [0.2, 0.25) is 0 Å². The Morgan fingerprint density at radius 2 is 1.73 bits per heavy atom. The van der Waals surface area contributed by atoms with Gasteiger partial charge in [-0.05, 0) is 44.2 Å². The molecule has 1 fully saturated rings. The minimum Gasteiger partial charge on any atom is -0.497 e. The Bertz CT molecular complexity index is 304. The molecule has 3 nitrogen and oxygen atoms in total. The standard InChI is InChI=1S/C12H17NO2/c1-13-9-7-12(8-9)15-11-5-3-10(14-2)4-6-11/h3-6,9,12-13H,7-8H2,1-2H3. The molecule has 3 heteroatoms. The summed E-state index contributed by atoms with van der Waals surface area (Å²) in [4.78, 5) is 0. The molecule has 1 aromatic carbocycles. The molecule has 0 radical (unpaired) electrons. The van der Waals surface area contributed by atoms with Crippen LogP contribution in [0.4, 0.5) is 0 Å². The van der Waals surface area contributed by atoms with Gasteiger partial charge in [-0.2, -0.15) is 0 Å². The molecule has 15 heavy (non-hydrogen) atoms. The zero-order valence-corrected chi connectivity index (χ0v) is 9.19. The van der Waals surface area contributed by atoms with Gasteiger partial charge < -0.3 is 14.8 Å². The van der Waals surface area contributed by atoms with E-state index in [0.717, 1.165) is 24.3 Å². The average molecular weight is 207 g/mol. The third-order valence-electron chi connectivity index (χ3n) is 2.87. The molecule has 0 unspecified atom stereocenters. The quantitative estimate of drug-likeness (QED) is 0.817. The van der Waals surface area contributed by atoms with Crippen LogP contribution >= 0.6 is 0 Å². The van der Waals surface area contributed by atoms with E-state index in [-0.39, 0.29) is 0 Å². The van der Waals surface area contributed by atoms with Gasteiger partial charge in [-0.25, -0.2) is 0 Å². The van der Waals surface area contributed by atoms with Crippen molar-refractivity contribution in [2.45, 2.75) is 25.0 Å². The summed E-state index contributed by atoms with van der Waals surface area (Å²) in [6.45, 7) is 0. The van der Waals surface area contributed by atoms with Gasteiger partial charge in [0.05, 0.1) is 7.11 Å². The average Bonchev–Trinajstić information content (AvgIpc) is 2.23. The van der Waals surface area contributed by atoms with Gasteiger partial charge in [0.1, 0.15) is 17.6 Å². The van der Waals surface area contributed by atoms with Crippen molar-refractivity contribution in [3.05, 3.63) is 24.3 Å². The maximum atomic E-state index is 5.79. The van der Waals surface area contributed by atoms with Gasteiger partial charge in [0.15, 0.2) is 0 Å². The Morgan fingerprint density at radius 1 is 1.13 bits per heavy atom. The van der Waals surface area contributed by atoms with Gasteiger partial charge >= 0.3 is 0 Å². The fourth-order valence-corrected chi connectivity index (χ4v) is 1.74. The van der Waals surface area contributed by atoms with E-state index in [9.17, 15) is 0 Å². The third kappa shape index (κ3) is 2.42. The molecule has 0 aromatic heterocycles. The van der Waals surface area contributed by atoms with E-state index >= 15 is 0 Å². The molecule has 0 aliphatic heterocycles. The Kier molecular flexibility index (Phi) is 3.11. The van der Waals surface area contributed by atoms with Crippen LogP contribution in [0.25, 0.3) is 0 Å². The molecule has 0 atom stereocenters. The molecule has 2 rings (SSSR count). The number of nitrogens with one attached hydrogen (secondary N) is 1. The lowest BCUT2D eigenvalue weighted by Crippen LogP contribution is -2.45. The summed E-state index contributed by atoms with van der Waals surface area (Å²) in [5.41, 5.74) is 0. The Hall–Kier alpha value is -1.22. The summed E-state index contributed by atoms with van der Waals surface area (Å²) in [6.07, 6.45) is 2.57. The molecule has 1 saturated carbocycles. The normalized spacial score (nSPS) is 24.4. The van der Waals surface area contributed by atoms with E-state index in [1.54, 1.807) is 7.11 Å². The van der Waals surface area contributed by atoms with E-state index in [1.807, 2.05) is 31.3 Å². The van der Waals surface area contributed by atoms with E-state index in [0.29, 0.717) is 12.1 Å². The number of rotatable bonds is 4. The predicted octanol–water partition coefficient (Wildman–Crippen LogP) is 1.82. The number of ether oxygens (including phenoxy) is 2. The second-order valence-corrected chi connectivity index (χ2v) is 3.87. The predicted molar refractivity (Wildman–Crippen MR) is 59.5 cm³/mol. The Labute approximate surface area is 90.4 Å². The van der Waals surface area contributed by atoms with Crippen molar-refractivity contribution in [2.24, 2.45) is 0 Å². The van der Waals surface area contributed by atoms with Crippen molar-refractivity contribution < 1.29 is 9.47 Å². The van der Waals surface area contributed by atoms with Crippen LogP contribution in [0.15, 0.2) is 24.3 Å². The molecular formula is C12H17NO2. The summed E-state index contributed by atoms with van der Waals surface area (Å²) in [5, 5.41) is 3.24. The van der Waals surface area contributed by atoms with Crippen LogP contribution in [0.5, 0.6) is 11.5 Å². The highest BCUT2D eigenvalue weighted by molar-refractivity contribution is 5.31. The highest BCUT2D eigenvalue weighted by Gasteiger charge is 2.29. The molecule has 1 aliphatic carbocycles. The van der Waals surface area contributed by atoms with Crippen molar-refractivity contribution in [3.63, 3.8) is 0 Å². The third-order valence-corrected chi connectivity index (χ3v) is 2.87. The lowest BCUT2D eigenvalue weighted by Gasteiger charge is -2.35. The Morgan fingerprint density at radius 3 is 2.27 bits per heavy atom. The molecule has 1 aromatic rings. The van der Waals surface area contributed by atoms with Crippen molar-refractivity contribution >= 4 is 0 Å². The smallest absolute Gasteiger partial charge is 0.119 e. The summed E-state index contributed by atoms with van der Waals surface area (Å²) in [5.74, 6) is 1.79. The molecule has 0 saturated heterocycles. The van der Waals surface area contributed by atoms with Crippen LogP contribution in [0.3, 0.4) is 0 Å². The summed E-state index contributed by atoms with van der Waals surface area (Å²) in [7, 11) is 3.66. The first-order valence-corrected chi connectivity index (χ1v) is 5.30. The van der Waals surface area contributed by atoms with Gasteiger partial charge in [-0.3, -0.25) is 0 Å². The monoisotopic (exact) mass is 207 g/mol. The number of hydrogen-bond donors (Lipinski definition) is 1. The first kappa shape index (κ1) is 10.3. The largest absolute Gasteiger partial charge is 0.497 e. The molecule has 1 N–H and O–H groups in total. The van der Waals surface area contributed by atoms with E-state index in [4.69, 9.17) is 9.47 Å². The first-order valence-electron chi connectivity index (χ1n) is 5.30. The van der Waals surface area contributed by atoms with Crippen LogP contribution in [-0.4, -0.2) is 26.3 Å². The van der Waals surface area contributed by atoms with Crippen LogP contribution in [-0.2, 0) is 0 Å². The summed E-state index contributed by atoms with van der Waals surface area (Å²) < 4.78 is 10.9. The fourth-order valence-electron chi connectivity index (χ4n) is 1.74. The van der Waals surface area contributed by atoms with Crippen molar-refractivity contribution in [2.75, 3.05) is 14.2 Å². The maximum absolute atomic E-state index is 5.79. The highest BCUT2D eigenvalue weighted by atomic mass is 16.5. The van der Waals surface area contributed by atoms with Crippen LogP contribution in [0, 0.1) is 0 Å². The second kappa shape index (κ2) is 4.53. The summed E-state index contributed by atoms with van der Waals surface area (Å²) >= 11 is 0. The molecule has 0 bridgehead atoms. The van der Waals surface area contributed by atoms with E-state index in [2.05, 4.69) is 5.32 Å². The first-order chi connectivity index (χ1) is 7.31. The molecule has 82 valence electrons. The van der Waals surface area contributed by atoms with Gasteiger partial charge in [0.25, 0.3) is 0 Å². The molecule has 0 amide bonds. The van der Waals surface area contributed by atoms with Crippen molar-refractivity contribution in [1.29, 1.82) is 0 Å². The molecule has 0 spiro atoms. The van der Waals surface area contributed by atoms with E-state index in [1.165, 1.54) is 0 Å². The number of hydrogen-bond acceptors (Lipinski definition) is 3. The minimum atomic E-state index is 0.371. The summed E-state index contributed by atoms with van der Waals surface area (Å²) in [6, 6.07) is 8.37. The Balaban J connectivity index is 1.84. The zero-order valence-electron chi connectivity index (χ0n) is 9.19. The SMILES string of the molecule is CNC1CC(Oc2ccc(OC)cc2)C1. The van der Waals surface area contributed by atoms with Crippen LogP contribution in [0.1, 0.15) is 12.8 Å².